The highest BCUT2D eigenvalue weighted by atomic mass is 16.1. The Labute approximate surface area is 138 Å². The summed E-state index contributed by atoms with van der Waals surface area (Å²) in [6.07, 6.45) is 5.17. The molecule has 2 N–H and O–H groups in total. The van der Waals surface area contributed by atoms with E-state index in [-0.39, 0.29) is 11.9 Å². The molecule has 2 rings (SSSR count). The molecular formula is C19H25N3O. The maximum atomic E-state index is 12.3. The molecule has 1 unspecified atom stereocenters. The minimum absolute atomic E-state index is 0.0319. The largest absolute Gasteiger partial charge is 0.370 e. The Hall–Kier alpha value is -2.36. The van der Waals surface area contributed by atoms with E-state index in [0.717, 1.165) is 24.3 Å². The molecule has 1 amide bonds. The molecule has 0 spiro atoms. The zero-order valence-corrected chi connectivity index (χ0v) is 13.9. The topological polar surface area (TPSA) is 54.0 Å². The van der Waals surface area contributed by atoms with Crippen LogP contribution in [0.2, 0.25) is 0 Å². The molecule has 4 heteroatoms. The van der Waals surface area contributed by atoms with Gasteiger partial charge in [-0.2, -0.15) is 0 Å². The maximum Gasteiger partial charge on any atom is 0.253 e. The summed E-state index contributed by atoms with van der Waals surface area (Å²) in [7, 11) is 0. The lowest BCUT2D eigenvalue weighted by molar-refractivity contribution is 0.0939. The van der Waals surface area contributed by atoms with Gasteiger partial charge in [0.1, 0.15) is 5.82 Å². The second-order valence-corrected chi connectivity index (χ2v) is 5.67. The van der Waals surface area contributed by atoms with Gasteiger partial charge in [-0.15, -0.1) is 0 Å². The van der Waals surface area contributed by atoms with Crippen LogP contribution in [-0.4, -0.2) is 17.4 Å². The smallest absolute Gasteiger partial charge is 0.253 e. The first-order valence-electron chi connectivity index (χ1n) is 8.26. The van der Waals surface area contributed by atoms with Crippen molar-refractivity contribution in [2.24, 2.45) is 0 Å². The Kier molecular flexibility index (Phi) is 6.60. The van der Waals surface area contributed by atoms with Crippen LogP contribution in [0.15, 0.2) is 48.7 Å². The van der Waals surface area contributed by atoms with Crippen LogP contribution in [0, 0.1) is 0 Å². The zero-order valence-electron chi connectivity index (χ0n) is 13.9. The van der Waals surface area contributed by atoms with Gasteiger partial charge in [-0.1, -0.05) is 50.1 Å². The van der Waals surface area contributed by atoms with Gasteiger partial charge in [-0.05, 0) is 31.0 Å². The van der Waals surface area contributed by atoms with E-state index in [2.05, 4.69) is 22.5 Å². The van der Waals surface area contributed by atoms with Crippen molar-refractivity contribution in [2.45, 2.75) is 39.2 Å². The van der Waals surface area contributed by atoms with E-state index in [1.54, 1.807) is 6.20 Å². The summed E-state index contributed by atoms with van der Waals surface area (Å²) < 4.78 is 0. The predicted octanol–water partition coefficient (Wildman–Crippen LogP) is 4.17. The van der Waals surface area contributed by atoms with Crippen molar-refractivity contribution >= 4 is 11.7 Å². The number of unbranched alkanes of at least 4 members (excludes halogenated alkanes) is 2. The molecule has 1 atom stereocenters. The van der Waals surface area contributed by atoms with Crippen molar-refractivity contribution in [2.75, 3.05) is 11.9 Å². The van der Waals surface area contributed by atoms with E-state index in [9.17, 15) is 4.79 Å². The van der Waals surface area contributed by atoms with Crippen molar-refractivity contribution in [1.82, 2.24) is 10.3 Å². The van der Waals surface area contributed by atoms with Crippen molar-refractivity contribution in [3.8, 4) is 0 Å². The molecule has 122 valence electrons. The molecule has 4 nitrogen and oxygen atoms in total. The molecule has 0 radical (unpaired) electrons. The Morgan fingerprint density at radius 2 is 1.91 bits per heavy atom. The molecule has 1 aromatic carbocycles. The minimum Gasteiger partial charge on any atom is -0.370 e. The first-order chi connectivity index (χ1) is 11.2. The monoisotopic (exact) mass is 311 g/mol. The molecule has 0 bridgehead atoms. The van der Waals surface area contributed by atoms with Gasteiger partial charge in [0.2, 0.25) is 0 Å². The van der Waals surface area contributed by atoms with Crippen LogP contribution in [0.4, 0.5) is 5.82 Å². The number of pyridine rings is 1. The normalized spacial score (nSPS) is 11.7. The van der Waals surface area contributed by atoms with Crippen LogP contribution in [0.1, 0.15) is 55.1 Å². The van der Waals surface area contributed by atoms with E-state index < -0.39 is 0 Å². The molecule has 0 saturated carbocycles. The van der Waals surface area contributed by atoms with Crippen molar-refractivity contribution in [3.05, 3.63) is 59.8 Å². The third-order valence-electron chi connectivity index (χ3n) is 3.76. The number of rotatable bonds is 8. The van der Waals surface area contributed by atoms with Crippen molar-refractivity contribution < 1.29 is 4.79 Å². The maximum absolute atomic E-state index is 12.3. The van der Waals surface area contributed by atoms with Gasteiger partial charge in [-0.3, -0.25) is 4.79 Å². The number of benzene rings is 1. The Bertz CT molecular complexity index is 596. The molecule has 0 aliphatic carbocycles. The van der Waals surface area contributed by atoms with Gasteiger partial charge in [0.05, 0.1) is 11.6 Å². The number of amides is 1. The number of carbonyl (C=O) groups is 1. The lowest BCUT2D eigenvalue weighted by Crippen LogP contribution is -2.26. The first-order valence-corrected chi connectivity index (χ1v) is 8.26. The molecule has 23 heavy (non-hydrogen) atoms. The lowest BCUT2D eigenvalue weighted by Gasteiger charge is -2.14. The van der Waals surface area contributed by atoms with E-state index in [1.165, 1.54) is 12.8 Å². The van der Waals surface area contributed by atoms with Crippen LogP contribution in [0.25, 0.3) is 0 Å². The van der Waals surface area contributed by atoms with E-state index >= 15 is 0 Å². The number of aromatic nitrogens is 1. The minimum atomic E-state index is -0.105. The Morgan fingerprint density at radius 3 is 2.57 bits per heavy atom. The number of hydrogen-bond donors (Lipinski definition) is 2. The van der Waals surface area contributed by atoms with Crippen LogP contribution < -0.4 is 10.6 Å². The Balaban J connectivity index is 1.87. The molecule has 0 saturated heterocycles. The highest BCUT2D eigenvalue weighted by Crippen LogP contribution is 2.13. The van der Waals surface area contributed by atoms with E-state index in [1.807, 2.05) is 49.4 Å². The number of carbonyl (C=O) groups excluding carboxylic acids is 1. The van der Waals surface area contributed by atoms with Gasteiger partial charge in [-0.25, -0.2) is 4.98 Å². The number of hydrogen-bond acceptors (Lipinski definition) is 3. The van der Waals surface area contributed by atoms with Crippen LogP contribution in [0.3, 0.4) is 0 Å². The number of anilines is 1. The third-order valence-corrected chi connectivity index (χ3v) is 3.76. The average Bonchev–Trinajstić information content (AvgIpc) is 2.60. The molecule has 0 aliphatic heterocycles. The number of nitrogens with one attached hydrogen (secondary N) is 2. The summed E-state index contributed by atoms with van der Waals surface area (Å²) >= 11 is 0. The first kappa shape index (κ1) is 17.0. The lowest BCUT2D eigenvalue weighted by atomic mass is 10.1. The average molecular weight is 311 g/mol. The fraction of sp³-hybridized carbons (Fsp3) is 0.368. The Morgan fingerprint density at radius 1 is 1.13 bits per heavy atom. The van der Waals surface area contributed by atoms with Gasteiger partial charge < -0.3 is 10.6 Å². The molecule has 0 aliphatic rings. The van der Waals surface area contributed by atoms with Crippen LogP contribution >= 0.6 is 0 Å². The van der Waals surface area contributed by atoms with Gasteiger partial charge >= 0.3 is 0 Å². The SMILES string of the molecule is CCCCCNc1ccc(C(=O)NC(C)c2ccccc2)cn1. The standard InChI is InChI=1S/C19H25N3O/c1-3-4-8-13-20-18-12-11-17(14-21-18)19(23)22-15(2)16-9-6-5-7-10-16/h5-7,9-12,14-15H,3-4,8,13H2,1-2H3,(H,20,21)(H,22,23). The molecule has 2 aromatic rings. The second-order valence-electron chi connectivity index (χ2n) is 5.67. The predicted molar refractivity (Wildman–Crippen MR) is 94.6 cm³/mol. The summed E-state index contributed by atoms with van der Waals surface area (Å²) in [5.74, 6) is 0.708. The van der Waals surface area contributed by atoms with Crippen LogP contribution in [0.5, 0.6) is 0 Å². The van der Waals surface area contributed by atoms with E-state index in [4.69, 9.17) is 0 Å². The highest BCUT2D eigenvalue weighted by Gasteiger charge is 2.11. The summed E-state index contributed by atoms with van der Waals surface area (Å²) in [4.78, 5) is 16.6. The summed E-state index contributed by atoms with van der Waals surface area (Å²) in [6.45, 7) is 5.07. The molecule has 1 heterocycles. The van der Waals surface area contributed by atoms with E-state index in [0.29, 0.717) is 5.56 Å². The fourth-order valence-electron chi connectivity index (χ4n) is 2.33. The third kappa shape index (κ3) is 5.40. The van der Waals surface area contributed by atoms with Gasteiger partial charge in [0.25, 0.3) is 5.91 Å². The quantitative estimate of drug-likeness (QED) is 0.719. The van der Waals surface area contributed by atoms with Crippen molar-refractivity contribution in [1.29, 1.82) is 0 Å². The zero-order chi connectivity index (χ0) is 16.5. The van der Waals surface area contributed by atoms with Crippen molar-refractivity contribution in [3.63, 3.8) is 0 Å². The highest BCUT2D eigenvalue weighted by molar-refractivity contribution is 5.94. The summed E-state index contributed by atoms with van der Waals surface area (Å²) in [5, 5.41) is 6.26. The molecular weight excluding hydrogens is 286 g/mol. The summed E-state index contributed by atoms with van der Waals surface area (Å²) in [6, 6.07) is 13.6. The van der Waals surface area contributed by atoms with Gasteiger partial charge in [0, 0.05) is 12.7 Å². The second kappa shape index (κ2) is 8.93. The van der Waals surface area contributed by atoms with Gasteiger partial charge in [0.15, 0.2) is 0 Å². The molecule has 1 aromatic heterocycles. The number of nitrogens with zero attached hydrogens (tertiary/aromatic N) is 1. The fourth-order valence-corrected chi connectivity index (χ4v) is 2.33. The van der Waals surface area contributed by atoms with Crippen LogP contribution in [-0.2, 0) is 0 Å². The molecule has 0 fully saturated rings. The summed E-state index contributed by atoms with van der Waals surface area (Å²) in [5.41, 5.74) is 1.66.